The molecule has 5 nitrogen and oxygen atoms in total. The number of hydrogen-bond acceptors (Lipinski definition) is 3. The molecule has 124 valence electrons. The first-order valence-electron chi connectivity index (χ1n) is 8.03. The number of hydrogen-bond donors (Lipinski definition) is 2. The van der Waals surface area contributed by atoms with E-state index in [4.69, 9.17) is 0 Å². The molecule has 1 amide bonds. The van der Waals surface area contributed by atoms with Crippen molar-refractivity contribution in [3.05, 3.63) is 17.0 Å². The van der Waals surface area contributed by atoms with Gasteiger partial charge < -0.3 is 10.6 Å². The molecule has 22 heavy (non-hydrogen) atoms. The molecule has 1 aromatic rings. The lowest BCUT2D eigenvalue weighted by Gasteiger charge is -2.37. The van der Waals surface area contributed by atoms with E-state index >= 15 is 0 Å². The molecule has 1 saturated heterocycles. The fourth-order valence-electron chi connectivity index (χ4n) is 4.11. The van der Waals surface area contributed by atoms with Gasteiger partial charge in [-0.2, -0.15) is 5.10 Å². The summed E-state index contributed by atoms with van der Waals surface area (Å²) in [5.41, 5.74) is 3.13. The Balaban J connectivity index is 0.00000176. The van der Waals surface area contributed by atoms with E-state index in [9.17, 15) is 4.79 Å². The Morgan fingerprint density at radius 1 is 1.45 bits per heavy atom. The second-order valence-corrected chi connectivity index (χ2v) is 6.69. The molecule has 0 aromatic carbocycles. The summed E-state index contributed by atoms with van der Waals surface area (Å²) in [5.74, 6) is 0.752. The summed E-state index contributed by atoms with van der Waals surface area (Å²) in [6.07, 6.45) is 4.66. The first-order valence-corrected chi connectivity index (χ1v) is 8.03. The number of halogens is 1. The zero-order chi connectivity index (χ0) is 15.0. The molecule has 0 unspecified atom stereocenters. The number of rotatable bonds is 3. The third-order valence-corrected chi connectivity index (χ3v) is 5.57. The minimum Gasteiger partial charge on any atom is -0.351 e. The molecule has 2 atom stereocenters. The highest BCUT2D eigenvalue weighted by Gasteiger charge is 2.49. The van der Waals surface area contributed by atoms with Gasteiger partial charge in [0.2, 0.25) is 5.91 Å². The standard InChI is InChI=1S/C16H26N4O.ClH/c1-11-14(12(2)20(3)19-11)9-18-15(21)16-7-5-4-6-13(16)8-17-10-16;/h13,17H,4-10H2,1-3H3,(H,18,21);1H/t13-,16+;/m0./s1. The maximum absolute atomic E-state index is 12.8. The van der Waals surface area contributed by atoms with Gasteiger partial charge in [0.15, 0.2) is 0 Å². The Labute approximate surface area is 138 Å². The van der Waals surface area contributed by atoms with Crippen molar-refractivity contribution in [3.63, 3.8) is 0 Å². The number of fused-ring (bicyclic) bond motifs is 1. The zero-order valence-corrected chi connectivity index (χ0v) is 14.6. The SMILES string of the molecule is Cc1nn(C)c(C)c1CNC(=O)[C@@]12CCCC[C@H]1CNC2.Cl. The van der Waals surface area contributed by atoms with Crippen LogP contribution in [0.3, 0.4) is 0 Å². The molecule has 6 heteroatoms. The van der Waals surface area contributed by atoms with Gasteiger partial charge in [0.25, 0.3) is 0 Å². The third kappa shape index (κ3) is 2.76. The van der Waals surface area contributed by atoms with Crippen molar-refractivity contribution in [1.82, 2.24) is 20.4 Å². The Bertz CT molecular complexity index is 557. The molecule has 1 aliphatic carbocycles. The molecule has 3 rings (SSSR count). The van der Waals surface area contributed by atoms with E-state index in [1.807, 2.05) is 18.7 Å². The van der Waals surface area contributed by atoms with Gasteiger partial charge in [0, 0.05) is 31.4 Å². The highest BCUT2D eigenvalue weighted by Crippen LogP contribution is 2.43. The van der Waals surface area contributed by atoms with Crippen molar-refractivity contribution in [1.29, 1.82) is 0 Å². The average Bonchev–Trinajstić information content (AvgIpc) is 3.00. The van der Waals surface area contributed by atoms with E-state index in [0.29, 0.717) is 12.5 Å². The summed E-state index contributed by atoms with van der Waals surface area (Å²) in [6, 6.07) is 0. The summed E-state index contributed by atoms with van der Waals surface area (Å²) in [7, 11) is 1.95. The van der Waals surface area contributed by atoms with E-state index < -0.39 is 0 Å². The molecular formula is C16H27ClN4O. The van der Waals surface area contributed by atoms with Crippen LogP contribution < -0.4 is 10.6 Å². The van der Waals surface area contributed by atoms with Crippen molar-refractivity contribution in [2.45, 2.75) is 46.1 Å². The van der Waals surface area contributed by atoms with Crippen LogP contribution in [0, 0.1) is 25.2 Å². The predicted octanol–water partition coefficient (Wildman–Crippen LogP) is 1.85. The molecule has 1 saturated carbocycles. The minimum atomic E-state index is -0.164. The highest BCUT2D eigenvalue weighted by atomic mass is 35.5. The normalized spacial score (nSPS) is 27.1. The maximum Gasteiger partial charge on any atom is 0.228 e. The molecule has 0 bridgehead atoms. The number of carbonyl (C=O) groups excluding carboxylic acids is 1. The molecule has 0 spiro atoms. The second kappa shape index (κ2) is 6.59. The van der Waals surface area contributed by atoms with Gasteiger partial charge in [-0.3, -0.25) is 9.48 Å². The van der Waals surface area contributed by atoms with Crippen LogP contribution in [-0.4, -0.2) is 28.8 Å². The molecular weight excluding hydrogens is 300 g/mol. The minimum absolute atomic E-state index is 0. The van der Waals surface area contributed by atoms with Gasteiger partial charge in [0.05, 0.1) is 11.1 Å². The lowest BCUT2D eigenvalue weighted by atomic mass is 9.67. The number of aromatic nitrogens is 2. The summed E-state index contributed by atoms with van der Waals surface area (Å²) in [6.45, 7) is 6.50. The van der Waals surface area contributed by atoms with Crippen molar-refractivity contribution in [3.8, 4) is 0 Å². The van der Waals surface area contributed by atoms with Crippen LogP contribution >= 0.6 is 12.4 Å². The van der Waals surface area contributed by atoms with Crippen molar-refractivity contribution >= 4 is 18.3 Å². The summed E-state index contributed by atoms with van der Waals surface area (Å²) in [5, 5.41) is 11.0. The smallest absolute Gasteiger partial charge is 0.228 e. The van der Waals surface area contributed by atoms with Gasteiger partial charge in [-0.05, 0) is 39.2 Å². The van der Waals surface area contributed by atoms with Crippen molar-refractivity contribution in [2.24, 2.45) is 18.4 Å². The van der Waals surface area contributed by atoms with Crippen molar-refractivity contribution in [2.75, 3.05) is 13.1 Å². The summed E-state index contributed by atoms with van der Waals surface area (Å²) in [4.78, 5) is 12.8. The lowest BCUT2D eigenvalue weighted by molar-refractivity contribution is -0.134. The van der Waals surface area contributed by atoms with Crippen LogP contribution in [-0.2, 0) is 18.4 Å². The monoisotopic (exact) mass is 326 g/mol. The first-order chi connectivity index (χ1) is 10.0. The van der Waals surface area contributed by atoms with Crippen LogP contribution in [0.15, 0.2) is 0 Å². The van der Waals surface area contributed by atoms with Gasteiger partial charge in [0.1, 0.15) is 0 Å². The van der Waals surface area contributed by atoms with E-state index in [2.05, 4.69) is 22.7 Å². The molecule has 0 radical (unpaired) electrons. The van der Waals surface area contributed by atoms with E-state index in [-0.39, 0.29) is 23.7 Å². The Hall–Kier alpha value is -1.07. The largest absolute Gasteiger partial charge is 0.351 e. The lowest BCUT2D eigenvalue weighted by Crippen LogP contribution is -2.47. The van der Waals surface area contributed by atoms with Crippen LogP contribution in [0.1, 0.15) is 42.6 Å². The first kappa shape index (κ1) is 17.3. The third-order valence-electron chi connectivity index (χ3n) is 5.57. The Kier molecular flexibility index (Phi) is 5.17. The Morgan fingerprint density at radius 3 is 2.91 bits per heavy atom. The quantitative estimate of drug-likeness (QED) is 0.891. The van der Waals surface area contributed by atoms with Crippen LogP contribution in [0.2, 0.25) is 0 Å². The van der Waals surface area contributed by atoms with Crippen LogP contribution in [0.25, 0.3) is 0 Å². The average molecular weight is 327 g/mol. The van der Waals surface area contributed by atoms with E-state index in [1.54, 1.807) is 0 Å². The fourth-order valence-corrected chi connectivity index (χ4v) is 4.11. The van der Waals surface area contributed by atoms with E-state index in [1.165, 1.54) is 19.3 Å². The summed E-state index contributed by atoms with van der Waals surface area (Å²) >= 11 is 0. The topological polar surface area (TPSA) is 59.0 Å². The molecule has 2 fully saturated rings. The second-order valence-electron chi connectivity index (χ2n) is 6.69. The van der Waals surface area contributed by atoms with Gasteiger partial charge in [-0.25, -0.2) is 0 Å². The van der Waals surface area contributed by atoms with E-state index in [0.717, 1.165) is 36.5 Å². The van der Waals surface area contributed by atoms with Crippen molar-refractivity contribution < 1.29 is 4.79 Å². The number of amides is 1. The number of nitrogens with one attached hydrogen (secondary N) is 2. The molecule has 1 aliphatic heterocycles. The summed E-state index contributed by atoms with van der Waals surface area (Å²) < 4.78 is 1.88. The van der Waals surface area contributed by atoms with Gasteiger partial charge in [-0.15, -0.1) is 12.4 Å². The molecule has 2 N–H and O–H groups in total. The number of carbonyl (C=O) groups is 1. The maximum atomic E-state index is 12.8. The molecule has 2 heterocycles. The Morgan fingerprint density at radius 2 is 2.23 bits per heavy atom. The highest BCUT2D eigenvalue weighted by molar-refractivity contribution is 5.85. The van der Waals surface area contributed by atoms with Gasteiger partial charge in [-0.1, -0.05) is 12.8 Å². The molecule has 2 aliphatic rings. The predicted molar refractivity (Wildman–Crippen MR) is 89.0 cm³/mol. The fraction of sp³-hybridized carbons (Fsp3) is 0.750. The van der Waals surface area contributed by atoms with Crippen LogP contribution in [0.5, 0.6) is 0 Å². The molecule has 1 aromatic heterocycles. The zero-order valence-electron chi connectivity index (χ0n) is 13.7. The number of aryl methyl sites for hydroxylation is 2. The van der Waals surface area contributed by atoms with Gasteiger partial charge >= 0.3 is 0 Å². The van der Waals surface area contributed by atoms with Crippen LogP contribution in [0.4, 0.5) is 0 Å². The number of nitrogens with zero attached hydrogens (tertiary/aromatic N) is 2.